The van der Waals surface area contributed by atoms with Crippen LogP contribution in [-0.4, -0.2) is 5.11 Å². The van der Waals surface area contributed by atoms with Crippen LogP contribution < -0.4 is 5.73 Å². The second kappa shape index (κ2) is 3.21. The maximum absolute atomic E-state index is 8.76. The molecule has 0 aromatic heterocycles. The Bertz CT molecular complexity index is 237. The van der Waals surface area contributed by atoms with E-state index >= 15 is 0 Å². The Labute approximate surface area is 73.2 Å². The minimum atomic E-state index is 0.0819. The second-order valence-corrected chi connectivity index (χ2v) is 3.17. The predicted molar refractivity (Wildman–Crippen MR) is 49.5 cm³/mol. The summed E-state index contributed by atoms with van der Waals surface area (Å²) >= 11 is 2.15. The molecule has 3 N–H and O–H groups in total. The number of hydrogen-bond acceptors (Lipinski definition) is 2. The van der Waals surface area contributed by atoms with Crippen LogP contribution in [0, 0.1) is 3.57 Å². The third-order valence-electron chi connectivity index (χ3n) is 1.25. The van der Waals surface area contributed by atoms with Crippen molar-refractivity contribution >= 4 is 28.3 Å². The molecule has 0 unspecified atom stereocenters. The van der Waals surface area contributed by atoms with Crippen molar-refractivity contribution in [3.8, 4) is 0 Å². The normalized spacial score (nSPS) is 9.80. The average Bonchev–Trinajstić information content (AvgIpc) is 1.88. The molecular formula is C7H8INO. The molecule has 0 fully saturated rings. The molecule has 0 heterocycles. The maximum Gasteiger partial charge on any atom is 0.0692 e. The maximum atomic E-state index is 8.76. The quantitative estimate of drug-likeness (QED) is 0.583. The molecule has 10 heavy (non-hydrogen) atoms. The van der Waals surface area contributed by atoms with Gasteiger partial charge < -0.3 is 10.8 Å². The number of anilines is 1. The fourth-order valence-electron chi connectivity index (χ4n) is 0.692. The molecule has 0 aliphatic heterocycles. The average molecular weight is 249 g/mol. The van der Waals surface area contributed by atoms with Gasteiger partial charge in [0, 0.05) is 9.26 Å². The first kappa shape index (κ1) is 7.81. The number of hydrogen-bond donors (Lipinski definition) is 2. The Morgan fingerprint density at radius 1 is 1.50 bits per heavy atom. The topological polar surface area (TPSA) is 46.2 Å². The fourth-order valence-corrected chi connectivity index (χ4v) is 1.40. The molecule has 1 aromatic carbocycles. The molecule has 0 saturated heterocycles. The second-order valence-electron chi connectivity index (χ2n) is 2.01. The van der Waals surface area contributed by atoms with E-state index in [1.54, 1.807) is 6.07 Å². The molecule has 0 bridgehead atoms. The third kappa shape index (κ3) is 1.60. The van der Waals surface area contributed by atoms with Gasteiger partial charge in [-0.05, 0) is 40.3 Å². The van der Waals surface area contributed by atoms with Gasteiger partial charge in [-0.1, -0.05) is 6.07 Å². The highest BCUT2D eigenvalue weighted by atomic mass is 127. The van der Waals surface area contributed by atoms with Crippen LogP contribution in [0.4, 0.5) is 5.69 Å². The summed E-state index contributed by atoms with van der Waals surface area (Å²) in [6.07, 6.45) is 0. The summed E-state index contributed by atoms with van der Waals surface area (Å²) < 4.78 is 1.01. The number of halogens is 1. The first-order valence-electron chi connectivity index (χ1n) is 2.89. The lowest BCUT2D eigenvalue weighted by atomic mass is 10.2. The van der Waals surface area contributed by atoms with Gasteiger partial charge in [-0.2, -0.15) is 0 Å². The van der Waals surface area contributed by atoms with E-state index in [-0.39, 0.29) is 6.61 Å². The van der Waals surface area contributed by atoms with Crippen molar-refractivity contribution in [1.29, 1.82) is 0 Å². The molecule has 3 heteroatoms. The van der Waals surface area contributed by atoms with Crippen molar-refractivity contribution in [3.63, 3.8) is 0 Å². The van der Waals surface area contributed by atoms with Gasteiger partial charge in [0.25, 0.3) is 0 Å². The van der Waals surface area contributed by atoms with E-state index in [0.717, 1.165) is 14.8 Å². The Balaban J connectivity index is 3.07. The molecule has 0 aliphatic carbocycles. The molecule has 0 spiro atoms. The van der Waals surface area contributed by atoms with Crippen LogP contribution in [0.1, 0.15) is 5.56 Å². The molecule has 0 saturated carbocycles. The van der Waals surface area contributed by atoms with Gasteiger partial charge in [-0.15, -0.1) is 0 Å². The summed E-state index contributed by atoms with van der Waals surface area (Å²) in [4.78, 5) is 0. The lowest BCUT2D eigenvalue weighted by molar-refractivity contribution is 0.281. The van der Waals surface area contributed by atoms with Crippen LogP contribution in [0.3, 0.4) is 0 Å². The number of aliphatic hydroxyl groups excluding tert-OH is 1. The number of benzene rings is 1. The summed E-state index contributed by atoms with van der Waals surface area (Å²) in [5.74, 6) is 0. The van der Waals surface area contributed by atoms with E-state index in [9.17, 15) is 0 Å². The van der Waals surface area contributed by atoms with E-state index in [0.29, 0.717) is 0 Å². The molecule has 0 radical (unpaired) electrons. The third-order valence-corrected chi connectivity index (χ3v) is 2.25. The number of rotatable bonds is 1. The SMILES string of the molecule is Nc1ccc(CO)c(I)c1. The van der Waals surface area contributed by atoms with Gasteiger partial charge in [0.15, 0.2) is 0 Å². The van der Waals surface area contributed by atoms with Crippen LogP contribution >= 0.6 is 22.6 Å². The van der Waals surface area contributed by atoms with Crippen molar-refractivity contribution in [2.75, 3.05) is 5.73 Å². The highest BCUT2D eigenvalue weighted by molar-refractivity contribution is 14.1. The van der Waals surface area contributed by atoms with E-state index in [1.807, 2.05) is 12.1 Å². The van der Waals surface area contributed by atoms with Crippen molar-refractivity contribution in [2.24, 2.45) is 0 Å². The highest BCUT2D eigenvalue weighted by Gasteiger charge is 1.96. The van der Waals surface area contributed by atoms with Gasteiger partial charge in [-0.25, -0.2) is 0 Å². The lowest BCUT2D eigenvalue weighted by Crippen LogP contribution is -1.90. The van der Waals surface area contributed by atoms with E-state index in [1.165, 1.54) is 0 Å². The molecular weight excluding hydrogens is 241 g/mol. The van der Waals surface area contributed by atoms with Crippen LogP contribution in [0.2, 0.25) is 0 Å². The van der Waals surface area contributed by atoms with Crippen molar-refractivity contribution in [2.45, 2.75) is 6.61 Å². The standard InChI is InChI=1S/C7H8INO/c8-7-3-6(9)2-1-5(7)4-10/h1-3,10H,4,9H2. The summed E-state index contributed by atoms with van der Waals surface area (Å²) in [6.45, 7) is 0.0819. The molecule has 2 nitrogen and oxygen atoms in total. The zero-order valence-electron chi connectivity index (χ0n) is 5.34. The van der Waals surface area contributed by atoms with Crippen molar-refractivity contribution in [1.82, 2.24) is 0 Å². The van der Waals surface area contributed by atoms with E-state index < -0.39 is 0 Å². The Morgan fingerprint density at radius 2 is 2.20 bits per heavy atom. The number of nitrogens with two attached hydrogens (primary N) is 1. The minimum absolute atomic E-state index is 0.0819. The highest BCUT2D eigenvalue weighted by Crippen LogP contribution is 2.15. The Morgan fingerprint density at radius 3 is 2.70 bits per heavy atom. The van der Waals surface area contributed by atoms with Gasteiger partial charge in [-0.3, -0.25) is 0 Å². The lowest BCUT2D eigenvalue weighted by Gasteiger charge is -1.99. The number of nitrogen functional groups attached to an aromatic ring is 1. The van der Waals surface area contributed by atoms with Crippen LogP contribution in [0.25, 0.3) is 0 Å². The van der Waals surface area contributed by atoms with Crippen LogP contribution in [-0.2, 0) is 6.61 Å². The Kier molecular flexibility index (Phi) is 2.50. The van der Waals surface area contributed by atoms with Gasteiger partial charge in [0.05, 0.1) is 6.61 Å². The summed E-state index contributed by atoms with van der Waals surface area (Å²) in [7, 11) is 0. The van der Waals surface area contributed by atoms with Crippen molar-refractivity contribution < 1.29 is 5.11 Å². The first-order valence-corrected chi connectivity index (χ1v) is 3.96. The monoisotopic (exact) mass is 249 g/mol. The van der Waals surface area contributed by atoms with Crippen LogP contribution in [0.5, 0.6) is 0 Å². The Hall–Kier alpha value is -0.290. The summed E-state index contributed by atoms with van der Waals surface area (Å²) in [6, 6.07) is 5.46. The molecule has 0 amide bonds. The van der Waals surface area contributed by atoms with E-state index in [4.69, 9.17) is 10.8 Å². The van der Waals surface area contributed by atoms with Gasteiger partial charge in [0.2, 0.25) is 0 Å². The van der Waals surface area contributed by atoms with Gasteiger partial charge >= 0.3 is 0 Å². The molecule has 0 atom stereocenters. The number of aliphatic hydroxyl groups is 1. The van der Waals surface area contributed by atoms with Crippen LogP contribution in [0.15, 0.2) is 18.2 Å². The summed E-state index contributed by atoms with van der Waals surface area (Å²) in [5.41, 5.74) is 7.16. The largest absolute Gasteiger partial charge is 0.399 e. The van der Waals surface area contributed by atoms with E-state index in [2.05, 4.69) is 22.6 Å². The fraction of sp³-hybridized carbons (Fsp3) is 0.143. The smallest absolute Gasteiger partial charge is 0.0692 e. The van der Waals surface area contributed by atoms with Gasteiger partial charge in [0.1, 0.15) is 0 Å². The first-order chi connectivity index (χ1) is 4.74. The minimum Gasteiger partial charge on any atom is -0.399 e. The molecule has 0 aliphatic rings. The molecule has 1 aromatic rings. The predicted octanol–water partition coefficient (Wildman–Crippen LogP) is 1.37. The zero-order chi connectivity index (χ0) is 7.56. The molecule has 1 rings (SSSR count). The van der Waals surface area contributed by atoms with Crippen molar-refractivity contribution in [3.05, 3.63) is 27.3 Å². The molecule has 54 valence electrons. The zero-order valence-corrected chi connectivity index (χ0v) is 7.50. The summed E-state index contributed by atoms with van der Waals surface area (Å²) in [5, 5.41) is 8.76.